The maximum Gasteiger partial charge on any atom is 0.119 e. The molecule has 0 fully saturated rings. The Morgan fingerprint density at radius 3 is 0.623 bits per heavy atom. The highest BCUT2D eigenvalue weighted by atomic mass is 16.5. The van der Waals surface area contributed by atoms with Gasteiger partial charge in [-0.3, -0.25) is 0 Å². The molecule has 0 saturated carbocycles. The van der Waals surface area contributed by atoms with Crippen LogP contribution in [-0.4, -0.2) is 6.10 Å². The number of hydrogen-bond acceptors (Lipinski definition) is 4. The Morgan fingerprint density at radius 1 is 0.261 bits per heavy atom. The van der Waals surface area contributed by atoms with E-state index in [1.165, 1.54) is 22.3 Å². The smallest absolute Gasteiger partial charge is 0.119 e. The normalized spacial score (nSPS) is 11.3. The fourth-order valence-corrected chi connectivity index (χ4v) is 8.39. The average Bonchev–Trinajstić information content (AvgIpc) is 3.37. The molecule has 0 amide bonds. The fourth-order valence-electron chi connectivity index (χ4n) is 8.39. The lowest BCUT2D eigenvalue weighted by Gasteiger charge is -2.26. The number of benzene rings is 9. The molecule has 0 unspecified atom stereocenters. The van der Waals surface area contributed by atoms with Crippen LogP contribution in [0.25, 0.3) is 24.3 Å². The van der Waals surface area contributed by atoms with Crippen molar-refractivity contribution in [1.29, 1.82) is 0 Å². The minimum Gasteiger partial charge on any atom is -0.491 e. The number of aryl methyl sites for hydroxylation is 4. The van der Waals surface area contributed by atoms with Crippen molar-refractivity contribution in [3.63, 3.8) is 0 Å². The summed E-state index contributed by atoms with van der Waals surface area (Å²) in [5.41, 5.74) is 19.4. The van der Waals surface area contributed by atoms with Crippen LogP contribution in [0.2, 0.25) is 0 Å². The lowest BCUT2D eigenvalue weighted by atomic mass is 10.1. The van der Waals surface area contributed by atoms with Crippen LogP contribution in [0, 0.1) is 27.7 Å². The van der Waals surface area contributed by atoms with Crippen molar-refractivity contribution in [2.75, 3.05) is 14.7 Å². The predicted octanol–water partition coefficient (Wildman–Crippen LogP) is 18.5. The van der Waals surface area contributed by atoms with Gasteiger partial charge in [0.25, 0.3) is 0 Å². The highest BCUT2D eigenvalue weighted by molar-refractivity contribution is 5.82. The highest BCUT2D eigenvalue weighted by Gasteiger charge is 2.16. The Balaban J connectivity index is 0.924. The maximum atomic E-state index is 6.01. The van der Waals surface area contributed by atoms with E-state index in [9.17, 15) is 0 Å². The van der Waals surface area contributed by atoms with E-state index < -0.39 is 0 Å². The Hall–Kier alpha value is -8.34. The molecule has 0 aliphatic rings. The zero-order valence-corrected chi connectivity index (χ0v) is 40.4. The van der Waals surface area contributed by atoms with Crippen molar-refractivity contribution in [3.8, 4) is 5.75 Å². The second-order valence-corrected chi connectivity index (χ2v) is 18.0. The zero-order valence-electron chi connectivity index (χ0n) is 40.4. The second kappa shape index (κ2) is 21.1. The standard InChI is InChI=1S/C65H59N3O/c1-47(2)69-65-45-43-64(44-46-65)68(62-39-23-54(24-40-62)17-15-52-19-35-60(36-20-52)66(56-27-7-48(3)8-28-56)57-29-9-49(4)10-30-57)63-41-25-55(26-42-63)18-16-53-21-37-61(38-22-53)67(58-31-11-50(5)12-32-58)59-33-13-51(6)14-34-59/h7-47H,1-6H3. The molecule has 0 bridgehead atoms. The van der Waals surface area contributed by atoms with Gasteiger partial charge in [0.1, 0.15) is 5.75 Å². The van der Waals surface area contributed by atoms with Gasteiger partial charge in [0, 0.05) is 51.2 Å². The van der Waals surface area contributed by atoms with Crippen LogP contribution in [0.5, 0.6) is 5.75 Å². The van der Waals surface area contributed by atoms with Crippen molar-refractivity contribution < 1.29 is 4.74 Å². The maximum absolute atomic E-state index is 6.01. The summed E-state index contributed by atoms with van der Waals surface area (Å²) in [6, 6.07) is 78.2. The first-order valence-corrected chi connectivity index (χ1v) is 23.8. The van der Waals surface area contributed by atoms with Gasteiger partial charge >= 0.3 is 0 Å². The van der Waals surface area contributed by atoms with Crippen molar-refractivity contribution in [2.24, 2.45) is 0 Å². The minimum atomic E-state index is 0.100. The first-order valence-electron chi connectivity index (χ1n) is 23.8. The summed E-state index contributed by atoms with van der Waals surface area (Å²) in [5, 5.41) is 0. The molecule has 4 nitrogen and oxygen atoms in total. The molecule has 0 heterocycles. The average molecular weight is 898 g/mol. The van der Waals surface area contributed by atoms with E-state index >= 15 is 0 Å². The Morgan fingerprint density at radius 2 is 0.435 bits per heavy atom. The van der Waals surface area contributed by atoms with Gasteiger partial charge in [0.15, 0.2) is 0 Å². The Labute approximate surface area is 409 Å². The van der Waals surface area contributed by atoms with Crippen molar-refractivity contribution >= 4 is 75.5 Å². The van der Waals surface area contributed by atoms with E-state index in [0.29, 0.717) is 0 Å². The first-order chi connectivity index (χ1) is 33.6. The summed E-state index contributed by atoms with van der Waals surface area (Å²) in [5.74, 6) is 0.853. The molecule has 0 saturated heterocycles. The lowest BCUT2D eigenvalue weighted by Crippen LogP contribution is -2.10. The lowest BCUT2D eigenvalue weighted by molar-refractivity contribution is 0.242. The van der Waals surface area contributed by atoms with E-state index in [-0.39, 0.29) is 6.10 Å². The van der Waals surface area contributed by atoms with Gasteiger partial charge in [-0.2, -0.15) is 0 Å². The third kappa shape index (κ3) is 11.4. The number of anilines is 9. The van der Waals surface area contributed by atoms with Crippen LogP contribution < -0.4 is 19.4 Å². The number of nitrogens with zero attached hydrogens (tertiary/aromatic N) is 3. The summed E-state index contributed by atoms with van der Waals surface area (Å²) in [4.78, 5) is 6.90. The molecule has 0 aliphatic carbocycles. The van der Waals surface area contributed by atoms with Gasteiger partial charge in [-0.05, 0) is 185 Å². The van der Waals surface area contributed by atoms with Gasteiger partial charge in [0.05, 0.1) is 6.10 Å². The molecule has 9 aromatic carbocycles. The molecule has 69 heavy (non-hydrogen) atoms. The van der Waals surface area contributed by atoms with E-state index in [4.69, 9.17) is 4.74 Å². The summed E-state index contributed by atoms with van der Waals surface area (Å²) in [6.07, 6.45) is 8.81. The zero-order chi connectivity index (χ0) is 47.7. The molecule has 0 atom stereocenters. The van der Waals surface area contributed by atoms with Gasteiger partial charge in [-0.25, -0.2) is 0 Å². The molecular formula is C65H59N3O. The number of hydrogen-bond donors (Lipinski definition) is 0. The van der Waals surface area contributed by atoms with Crippen LogP contribution in [0.3, 0.4) is 0 Å². The van der Waals surface area contributed by atoms with Crippen molar-refractivity contribution in [2.45, 2.75) is 47.6 Å². The van der Waals surface area contributed by atoms with Gasteiger partial charge in [-0.1, -0.05) is 144 Å². The molecule has 9 aromatic rings. The first kappa shape index (κ1) is 45.8. The largest absolute Gasteiger partial charge is 0.491 e. The molecule has 0 radical (unpaired) electrons. The molecule has 4 heteroatoms. The third-order valence-corrected chi connectivity index (χ3v) is 12.2. The monoisotopic (exact) mass is 897 g/mol. The van der Waals surface area contributed by atoms with Crippen LogP contribution >= 0.6 is 0 Å². The number of ether oxygens (including phenoxy) is 1. The van der Waals surface area contributed by atoms with Crippen molar-refractivity contribution in [1.82, 2.24) is 0 Å². The molecule has 9 rings (SSSR count). The highest BCUT2D eigenvalue weighted by Crippen LogP contribution is 2.39. The van der Waals surface area contributed by atoms with Crippen LogP contribution in [-0.2, 0) is 0 Å². The Kier molecular flexibility index (Phi) is 14.0. The molecule has 0 aromatic heterocycles. The summed E-state index contributed by atoms with van der Waals surface area (Å²) in [7, 11) is 0. The minimum absolute atomic E-state index is 0.100. The number of rotatable bonds is 15. The van der Waals surface area contributed by atoms with Crippen LogP contribution in [0.1, 0.15) is 58.4 Å². The van der Waals surface area contributed by atoms with E-state index in [1.54, 1.807) is 0 Å². The predicted molar refractivity (Wildman–Crippen MR) is 296 cm³/mol. The molecule has 0 N–H and O–H groups in total. The van der Waals surface area contributed by atoms with E-state index in [2.05, 4.69) is 299 Å². The Bertz CT molecular complexity index is 2830. The summed E-state index contributed by atoms with van der Waals surface area (Å²) >= 11 is 0. The van der Waals surface area contributed by atoms with E-state index in [0.717, 1.165) is 79.2 Å². The van der Waals surface area contributed by atoms with Crippen LogP contribution in [0.4, 0.5) is 51.2 Å². The second-order valence-electron chi connectivity index (χ2n) is 18.0. The topological polar surface area (TPSA) is 19.0 Å². The summed E-state index contributed by atoms with van der Waals surface area (Å²) < 4.78 is 6.01. The molecule has 0 aliphatic heterocycles. The van der Waals surface area contributed by atoms with Gasteiger partial charge < -0.3 is 19.4 Å². The van der Waals surface area contributed by atoms with Crippen molar-refractivity contribution in [3.05, 3.63) is 263 Å². The molecule has 0 spiro atoms. The van der Waals surface area contributed by atoms with Crippen LogP contribution in [0.15, 0.2) is 218 Å². The molecule has 340 valence electrons. The SMILES string of the molecule is Cc1ccc(N(c2ccc(C)cc2)c2ccc(C=Cc3ccc(N(c4ccc(C=Cc5ccc(N(c6ccc(C)cc6)c6ccc(C)cc6)cc5)cc4)c4ccc(OC(C)C)cc4)cc3)cc2)cc1. The van der Waals surface area contributed by atoms with Gasteiger partial charge in [-0.15, -0.1) is 0 Å². The van der Waals surface area contributed by atoms with E-state index in [1.807, 2.05) is 0 Å². The van der Waals surface area contributed by atoms with Gasteiger partial charge in [0.2, 0.25) is 0 Å². The quantitative estimate of drug-likeness (QED) is 0.0954. The fraction of sp³-hybridized carbons (Fsp3) is 0.108. The summed E-state index contributed by atoms with van der Waals surface area (Å²) in [6.45, 7) is 12.6. The molecular weight excluding hydrogens is 839 g/mol. The third-order valence-electron chi connectivity index (χ3n) is 12.2.